The van der Waals surface area contributed by atoms with Crippen LogP contribution in [0.5, 0.6) is 0 Å². The first-order chi connectivity index (χ1) is 7.61. The lowest BCUT2D eigenvalue weighted by molar-refractivity contribution is -0.122. The summed E-state index contributed by atoms with van der Waals surface area (Å²) in [7, 11) is 1.56. The fraction of sp³-hybridized carbons (Fsp3) is 0.800. The van der Waals surface area contributed by atoms with Crippen LogP contribution in [-0.4, -0.2) is 38.2 Å². The number of hydrogen-bond donors (Lipinski definition) is 3. The molecular formula is C10H21N3O3. The van der Waals surface area contributed by atoms with Gasteiger partial charge in [0.25, 0.3) is 0 Å². The highest BCUT2D eigenvalue weighted by Crippen LogP contribution is 1.98. The maximum absolute atomic E-state index is 11.0. The second-order valence-electron chi connectivity index (χ2n) is 3.36. The van der Waals surface area contributed by atoms with Crippen molar-refractivity contribution in [2.75, 3.05) is 20.2 Å². The smallest absolute Gasteiger partial charge is 0.407 e. The van der Waals surface area contributed by atoms with Crippen LogP contribution >= 0.6 is 0 Å². The Kier molecular flexibility index (Phi) is 8.24. The van der Waals surface area contributed by atoms with E-state index in [9.17, 15) is 9.59 Å². The SMILES string of the molecule is CCOC(=O)NCCCCC(N)C(=O)NC. The molecule has 0 aromatic rings. The van der Waals surface area contributed by atoms with Crippen molar-refractivity contribution in [2.24, 2.45) is 5.73 Å². The second-order valence-corrected chi connectivity index (χ2v) is 3.36. The molecule has 0 spiro atoms. The van der Waals surface area contributed by atoms with E-state index in [1.54, 1.807) is 14.0 Å². The molecule has 6 nitrogen and oxygen atoms in total. The van der Waals surface area contributed by atoms with Crippen molar-refractivity contribution in [3.8, 4) is 0 Å². The van der Waals surface area contributed by atoms with Gasteiger partial charge in [0, 0.05) is 13.6 Å². The van der Waals surface area contributed by atoms with Crippen LogP contribution in [0.15, 0.2) is 0 Å². The van der Waals surface area contributed by atoms with Crippen molar-refractivity contribution in [3.05, 3.63) is 0 Å². The summed E-state index contributed by atoms with van der Waals surface area (Å²) in [6.07, 6.45) is 1.78. The van der Waals surface area contributed by atoms with E-state index in [4.69, 9.17) is 5.73 Å². The van der Waals surface area contributed by atoms with Crippen LogP contribution in [0.2, 0.25) is 0 Å². The van der Waals surface area contributed by atoms with Gasteiger partial charge in [-0.25, -0.2) is 4.79 Å². The number of nitrogens with one attached hydrogen (secondary N) is 2. The number of amides is 2. The van der Waals surface area contributed by atoms with Gasteiger partial charge < -0.3 is 21.1 Å². The number of nitrogens with two attached hydrogens (primary N) is 1. The molecule has 0 heterocycles. The van der Waals surface area contributed by atoms with E-state index in [-0.39, 0.29) is 5.91 Å². The second kappa shape index (κ2) is 8.96. The molecule has 16 heavy (non-hydrogen) atoms. The van der Waals surface area contributed by atoms with Gasteiger partial charge in [0.05, 0.1) is 12.6 Å². The standard InChI is InChI=1S/C10H21N3O3/c1-3-16-10(15)13-7-5-4-6-8(11)9(14)12-2/h8H,3-7,11H2,1-2H3,(H,12,14)(H,13,15). The van der Waals surface area contributed by atoms with Crippen molar-refractivity contribution in [1.29, 1.82) is 0 Å². The van der Waals surface area contributed by atoms with Gasteiger partial charge in [-0.15, -0.1) is 0 Å². The minimum absolute atomic E-state index is 0.154. The van der Waals surface area contributed by atoms with Crippen LogP contribution in [-0.2, 0) is 9.53 Å². The normalized spacial score (nSPS) is 11.7. The summed E-state index contributed by atoms with van der Waals surface area (Å²) in [5.74, 6) is -0.154. The number of likely N-dealkylation sites (N-methyl/N-ethyl adjacent to an activating group) is 1. The van der Waals surface area contributed by atoms with E-state index < -0.39 is 12.1 Å². The summed E-state index contributed by atoms with van der Waals surface area (Å²) >= 11 is 0. The van der Waals surface area contributed by atoms with Crippen LogP contribution in [0.25, 0.3) is 0 Å². The molecule has 0 bridgehead atoms. The fourth-order valence-electron chi connectivity index (χ4n) is 1.18. The Hall–Kier alpha value is -1.30. The molecule has 0 aliphatic carbocycles. The van der Waals surface area contributed by atoms with E-state index in [0.29, 0.717) is 19.6 Å². The van der Waals surface area contributed by atoms with E-state index in [2.05, 4.69) is 15.4 Å². The number of unbranched alkanes of at least 4 members (excludes halogenated alkanes) is 1. The van der Waals surface area contributed by atoms with Crippen molar-refractivity contribution >= 4 is 12.0 Å². The topological polar surface area (TPSA) is 93.4 Å². The highest BCUT2D eigenvalue weighted by atomic mass is 16.5. The first-order valence-corrected chi connectivity index (χ1v) is 5.49. The summed E-state index contributed by atoms with van der Waals surface area (Å²) in [5, 5.41) is 5.08. The number of carbonyl (C=O) groups excluding carboxylic acids is 2. The zero-order chi connectivity index (χ0) is 12.4. The molecule has 1 atom stereocenters. The molecule has 0 aromatic carbocycles. The van der Waals surface area contributed by atoms with E-state index >= 15 is 0 Å². The number of hydrogen-bond acceptors (Lipinski definition) is 4. The van der Waals surface area contributed by atoms with Crippen LogP contribution in [0, 0.1) is 0 Å². The first-order valence-electron chi connectivity index (χ1n) is 5.49. The largest absolute Gasteiger partial charge is 0.450 e. The molecule has 0 fully saturated rings. The molecule has 0 aliphatic heterocycles. The first kappa shape index (κ1) is 14.7. The Morgan fingerprint density at radius 2 is 2.06 bits per heavy atom. The molecule has 94 valence electrons. The van der Waals surface area contributed by atoms with E-state index in [1.807, 2.05) is 0 Å². The van der Waals surface area contributed by atoms with Gasteiger partial charge in [-0.05, 0) is 26.2 Å². The van der Waals surface area contributed by atoms with Gasteiger partial charge in [-0.1, -0.05) is 0 Å². The molecule has 2 amide bonds. The minimum atomic E-state index is -0.465. The average molecular weight is 231 g/mol. The quantitative estimate of drug-likeness (QED) is 0.537. The predicted molar refractivity (Wildman–Crippen MR) is 60.9 cm³/mol. The summed E-state index contributed by atoms with van der Waals surface area (Å²) in [5.41, 5.74) is 5.59. The number of carbonyl (C=O) groups is 2. The Morgan fingerprint density at radius 1 is 1.38 bits per heavy atom. The van der Waals surface area contributed by atoms with Crippen molar-refractivity contribution in [1.82, 2.24) is 10.6 Å². The van der Waals surface area contributed by atoms with Crippen LogP contribution < -0.4 is 16.4 Å². The molecule has 0 saturated carbocycles. The predicted octanol–water partition coefficient (Wildman–Crippen LogP) is -0.0239. The van der Waals surface area contributed by atoms with Gasteiger partial charge in [-0.3, -0.25) is 4.79 Å². The maximum Gasteiger partial charge on any atom is 0.407 e. The number of ether oxygens (including phenoxy) is 1. The Bertz CT molecular complexity index is 221. The molecule has 4 N–H and O–H groups in total. The van der Waals surface area contributed by atoms with Gasteiger partial charge in [0.1, 0.15) is 0 Å². The summed E-state index contributed by atoms with van der Waals surface area (Å²) < 4.78 is 4.69. The van der Waals surface area contributed by atoms with Gasteiger partial charge in [0.15, 0.2) is 0 Å². The van der Waals surface area contributed by atoms with Crippen molar-refractivity contribution in [3.63, 3.8) is 0 Å². The summed E-state index contributed by atoms with van der Waals surface area (Å²) in [6.45, 7) is 2.66. The van der Waals surface area contributed by atoms with Crippen LogP contribution in [0.1, 0.15) is 26.2 Å². The zero-order valence-electron chi connectivity index (χ0n) is 9.91. The molecule has 0 rings (SSSR count). The molecule has 1 unspecified atom stereocenters. The molecule has 0 aliphatic rings. The fourth-order valence-corrected chi connectivity index (χ4v) is 1.18. The Balaban J connectivity index is 3.40. The van der Waals surface area contributed by atoms with Gasteiger partial charge in [-0.2, -0.15) is 0 Å². The molecule has 0 saturated heterocycles. The number of alkyl carbamates (subject to hydrolysis) is 1. The third kappa shape index (κ3) is 7.05. The van der Waals surface area contributed by atoms with Gasteiger partial charge >= 0.3 is 6.09 Å². The zero-order valence-corrected chi connectivity index (χ0v) is 9.91. The molecule has 6 heteroatoms. The monoisotopic (exact) mass is 231 g/mol. The minimum Gasteiger partial charge on any atom is -0.450 e. The van der Waals surface area contributed by atoms with Crippen molar-refractivity contribution < 1.29 is 14.3 Å². The average Bonchev–Trinajstić information content (AvgIpc) is 2.27. The lowest BCUT2D eigenvalue weighted by Gasteiger charge is -2.09. The van der Waals surface area contributed by atoms with Gasteiger partial charge in [0.2, 0.25) is 5.91 Å². The van der Waals surface area contributed by atoms with Crippen molar-refractivity contribution in [2.45, 2.75) is 32.2 Å². The number of rotatable bonds is 7. The molecule has 0 radical (unpaired) electrons. The van der Waals surface area contributed by atoms with Crippen LogP contribution in [0.3, 0.4) is 0 Å². The lowest BCUT2D eigenvalue weighted by Crippen LogP contribution is -2.38. The highest BCUT2D eigenvalue weighted by molar-refractivity contribution is 5.81. The Morgan fingerprint density at radius 3 is 2.62 bits per heavy atom. The third-order valence-corrected chi connectivity index (χ3v) is 2.07. The van der Waals surface area contributed by atoms with E-state index in [1.165, 1.54) is 0 Å². The molecular weight excluding hydrogens is 210 g/mol. The maximum atomic E-state index is 11.0. The van der Waals surface area contributed by atoms with Crippen LogP contribution in [0.4, 0.5) is 4.79 Å². The lowest BCUT2D eigenvalue weighted by atomic mass is 10.1. The third-order valence-electron chi connectivity index (χ3n) is 2.07. The van der Waals surface area contributed by atoms with E-state index in [0.717, 1.165) is 12.8 Å². The Labute approximate surface area is 95.9 Å². The summed E-state index contributed by atoms with van der Waals surface area (Å²) in [6, 6.07) is -0.465. The highest BCUT2D eigenvalue weighted by Gasteiger charge is 2.10. The molecule has 0 aromatic heterocycles. The summed E-state index contributed by atoms with van der Waals surface area (Å²) in [4.78, 5) is 21.9.